The maximum atomic E-state index is 12.3. The topological polar surface area (TPSA) is 71.8 Å². The van der Waals surface area contributed by atoms with Crippen molar-refractivity contribution >= 4 is 41.6 Å². The minimum Gasteiger partial charge on any atom is -0.330 e. The number of aldehydes is 1. The van der Waals surface area contributed by atoms with Crippen LogP contribution in [-0.4, -0.2) is 26.8 Å². The minimum absolute atomic E-state index is 0.353. The van der Waals surface area contributed by atoms with Crippen LogP contribution in [0.5, 0.6) is 0 Å². The molecule has 1 aromatic carbocycles. The molecule has 0 bridgehead atoms. The molecule has 0 spiro atoms. The van der Waals surface area contributed by atoms with E-state index in [4.69, 9.17) is 10.1 Å². The molecule has 0 aliphatic carbocycles. The first-order valence-electron chi connectivity index (χ1n) is 10.9. The normalized spacial score (nSPS) is 11.5. The van der Waals surface area contributed by atoms with Crippen molar-refractivity contribution in [2.75, 3.05) is 15.8 Å². The van der Waals surface area contributed by atoms with Crippen molar-refractivity contribution in [2.24, 2.45) is 0 Å². The van der Waals surface area contributed by atoms with Crippen molar-refractivity contribution in [1.29, 1.82) is 0 Å². The monoisotopic (exact) mass is 461 g/mol. The van der Waals surface area contributed by atoms with Crippen LogP contribution >= 0.6 is 11.9 Å². The standard InChI is InChI=1S/C26H31N5OS/c1-7-9-10-22-18(3)11-16-23(27-22)28-25-21(17-32)24(29-31(25)26(4,5)6)19-12-14-20(15-13-19)30-33-8-2/h7,9-17,30H,1,8H2,2-6H3,(H,27,28)/b10-9-. The fourth-order valence-electron chi connectivity index (χ4n) is 3.28. The predicted molar refractivity (Wildman–Crippen MR) is 141 cm³/mol. The van der Waals surface area contributed by atoms with Gasteiger partial charge in [0.2, 0.25) is 0 Å². The van der Waals surface area contributed by atoms with E-state index in [1.54, 1.807) is 18.0 Å². The quantitative estimate of drug-likeness (QED) is 0.206. The molecule has 0 radical (unpaired) electrons. The van der Waals surface area contributed by atoms with Gasteiger partial charge in [0.25, 0.3) is 0 Å². The van der Waals surface area contributed by atoms with E-state index in [0.29, 0.717) is 22.9 Å². The fourth-order valence-corrected chi connectivity index (χ4v) is 3.72. The van der Waals surface area contributed by atoms with Crippen LogP contribution in [0.15, 0.2) is 55.1 Å². The maximum absolute atomic E-state index is 12.3. The van der Waals surface area contributed by atoms with Crippen molar-refractivity contribution in [3.8, 4) is 11.3 Å². The molecule has 0 aliphatic heterocycles. The number of allylic oxidation sites excluding steroid dienone is 2. The second-order valence-electron chi connectivity index (χ2n) is 8.54. The number of aryl methyl sites for hydroxylation is 1. The number of hydrogen-bond acceptors (Lipinski definition) is 6. The van der Waals surface area contributed by atoms with Gasteiger partial charge in [-0.05, 0) is 57.5 Å². The second-order valence-corrected chi connectivity index (χ2v) is 9.61. The SMILES string of the molecule is C=C/C=C\c1nc(Nc2c(C=O)c(-c3ccc(NSCC)cc3)nn2C(C)(C)C)ccc1C. The van der Waals surface area contributed by atoms with Crippen LogP contribution in [0.3, 0.4) is 0 Å². The Kier molecular flexibility index (Phi) is 7.76. The third-order valence-electron chi connectivity index (χ3n) is 4.94. The minimum atomic E-state index is -0.353. The van der Waals surface area contributed by atoms with E-state index in [1.807, 2.05) is 60.2 Å². The number of nitrogens with one attached hydrogen (secondary N) is 2. The van der Waals surface area contributed by atoms with Crippen LogP contribution in [0.25, 0.3) is 17.3 Å². The first-order chi connectivity index (χ1) is 15.8. The molecule has 0 saturated heterocycles. The Balaban J connectivity index is 2.06. The molecule has 33 heavy (non-hydrogen) atoms. The van der Waals surface area contributed by atoms with Crippen molar-refractivity contribution in [3.05, 3.63) is 72.0 Å². The Morgan fingerprint density at radius 2 is 1.88 bits per heavy atom. The number of hydrogen-bond donors (Lipinski definition) is 2. The van der Waals surface area contributed by atoms with Crippen LogP contribution in [0.4, 0.5) is 17.3 Å². The molecule has 6 nitrogen and oxygen atoms in total. The van der Waals surface area contributed by atoms with Gasteiger partial charge >= 0.3 is 0 Å². The third-order valence-corrected chi connectivity index (χ3v) is 5.61. The van der Waals surface area contributed by atoms with Gasteiger partial charge in [-0.1, -0.05) is 55.8 Å². The summed E-state index contributed by atoms with van der Waals surface area (Å²) in [5.41, 5.74) is 4.55. The average Bonchev–Trinajstić information content (AvgIpc) is 3.17. The molecule has 7 heteroatoms. The average molecular weight is 462 g/mol. The molecule has 0 aliphatic rings. The van der Waals surface area contributed by atoms with E-state index in [0.717, 1.165) is 34.5 Å². The van der Waals surface area contributed by atoms with E-state index in [2.05, 4.69) is 44.3 Å². The zero-order valence-electron chi connectivity index (χ0n) is 19.8. The lowest BCUT2D eigenvalue weighted by atomic mass is 10.1. The molecule has 2 aromatic heterocycles. The lowest BCUT2D eigenvalue weighted by Gasteiger charge is -2.23. The molecule has 2 N–H and O–H groups in total. The number of aromatic nitrogens is 3. The van der Waals surface area contributed by atoms with E-state index in [-0.39, 0.29) is 5.54 Å². The van der Waals surface area contributed by atoms with Crippen LogP contribution in [0.2, 0.25) is 0 Å². The Labute approximate surface area is 200 Å². The summed E-state index contributed by atoms with van der Waals surface area (Å²) >= 11 is 1.64. The number of carbonyl (C=O) groups is 1. The largest absolute Gasteiger partial charge is 0.330 e. The van der Waals surface area contributed by atoms with Gasteiger partial charge in [-0.2, -0.15) is 5.10 Å². The Morgan fingerprint density at radius 3 is 2.48 bits per heavy atom. The molecule has 2 heterocycles. The molecule has 172 valence electrons. The van der Waals surface area contributed by atoms with Crippen molar-refractivity contribution in [2.45, 2.75) is 40.2 Å². The number of benzene rings is 1. The van der Waals surface area contributed by atoms with Gasteiger partial charge in [-0.25, -0.2) is 9.67 Å². The molecule has 3 rings (SSSR count). The fraction of sp³-hybridized carbons (Fsp3) is 0.269. The molecular formula is C26H31N5OS. The highest BCUT2D eigenvalue weighted by Gasteiger charge is 2.26. The summed E-state index contributed by atoms with van der Waals surface area (Å²) in [5, 5.41) is 8.20. The zero-order valence-corrected chi connectivity index (χ0v) is 20.7. The molecule has 3 aromatic rings. The molecular weight excluding hydrogens is 430 g/mol. The number of nitrogens with zero attached hydrogens (tertiary/aromatic N) is 3. The maximum Gasteiger partial charge on any atom is 0.156 e. The lowest BCUT2D eigenvalue weighted by Crippen LogP contribution is -2.25. The van der Waals surface area contributed by atoms with Crippen LogP contribution < -0.4 is 10.0 Å². The second kappa shape index (κ2) is 10.5. The number of rotatable bonds is 9. The summed E-state index contributed by atoms with van der Waals surface area (Å²) in [4.78, 5) is 17.0. The van der Waals surface area contributed by atoms with Crippen molar-refractivity contribution < 1.29 is 4.79 Å². The number of anilines is 3. The predicted octanol–water partition coefficient (Wildman–Crippen LogP) is 6.84. The van der Waals surface area contributed by atoms with Gasteiger partial charge in [0.05, 0.1) is 16.8 Å². The van der Waals surface area contributed by atoms with Gasteiger partial charge in [-0.15, -0.1) is 0 Å². The highest BCUT2D eigenvalue weighted by Crippen LogP contribution is 2.34. The Morgan fingerprint density at radius 1 is 1.15 bits per heavy atom. The van der Waals surface area contributed by atoms with Gasteiger partial charge in [-0.3, -0.25) is 4.79 Å². The zero-order chi connectivity index (χ0) is 24.0. The summed E-state index contributed by atoms with van der Waals surface area (Å²) in [7, 11) is 0. The van der Waals surface area contributed by atoms with E-state index in [9.17, 15) is 4.79 Å². The van der Waals surface area contributed by atoms with Crippen LogP contribution in [0, 0.1) is 6.92 Å². The summed E-state index contributed by atoms with van der Waals surface area (Å²) in [5.74, 6) is 2.23. The smallest absolute Gasteiger partial charge is 0.156 e. The van der Waals surface area contributed by atoms with Crippen LogP contribution in [0.1, 0.15) is 49.3 Å². The summed E-state index contributed by atoms with van der Waals surface area (Å²) in [6, 6.07) is 11.9. The van der Waals surface area contributed by atoms with Crippen molar-refractivity contribution in [1.82, 2.24) is 14.8 Å². The molecule has 0 amide bonds. The van der Waals surface area contributed by atoms with Gasteiger partial charge < -0.3 is 10.0 Å². The van der Waals surface area contributed by atoms with Gasteiger partial charge in [0, 0.05) is 17.0 Å². The Hall–Kier alpha value is -3.32. The highest BCUT2D eigenvalue weighted by atomic mass is 32.2. The van der Waals surface area contributed by atoms with Gasteiger partial charge in [0.15, 0.2) is 6.29 Å². The summed E-state index contributed by atoms with van der Waals surface area (Å²) < 4.78 is 5.14. The Bertz CT molecular complexity index is 1160. The molecule has 0 unspecified atom stereocenters. The third kappa shape index (κ3) is 5.73. The van der Waals surface area contributed by atoms with E-state index in [1.165, 1.54) is 0 Å². The molecule has 0 saturated carbocycles. The van der Waals surface area contributed by atoms with E-state index < -0.39 is 0 Å². The lowest BCUT2D eigenvalue weighted by molar-refractivity contribution is 0.112. The number of carbonyl (C=O) groups excluding carboxylic acids is 1. The first kappa shape index (κ1) is 24.3. The number of pyridine rings is 1. The van der Waals surface area contributed by atoms with Gasteiger partial charge in [0.1, 0.15) is 17.3 Å². The van der Waals surface area contributed by atoms with Crippen LogP contribution in [-0.2, 0) is 5.54 Å². The highest BCUT2D eigenvalue weighted by molar-refractivity contribution is 8.00. The molecule has 0 atom stereocenters. The summed E-state index contributed by atoms with van der Waals surface area (Å²) in [6.07, 6.45) is 6.34. The molecule has 0 fully saturated rings. The van der Waals surface area contributed by atoms with E-state index >= 15 is 0 Å². The summed E-state index contributed by atoms with van der Waals surface area (Å²) in [6.45, 7) is 14.0. The first-order valence-corrected chi connectivity index (χ1v) is 11.9. The van der Waals surface area contributed by atoms with Crippen molar-refractivity contribution in [3.63, 3.8) is 0 Å².